The van der Waals surface area contributed by atoms with E-state index in [-0.39, 0.29) is 0 Å². The van der Waals surface area contributed by atoms with Gasteiger partial charge in [0, 0.05) is 21.0 Å². The molecule has 0 N–H and O–H groups in total. The third-order valence-corrected chi connectivity index (χ3v) is 4.07. The summed E-state index contributed by atoms with van der Waals surface area (Å²) in [4.78, 5) is 1.42. The van der Waals surface area contributed by atoms with E-state index in [1.165, 1.54) is 10.1 Å². The van der Waals surface area contributed by atoms with Gasteiger partial charge in [-0.05, 0) is 5.38 Å². The molecule has 0 fully saturated rings. The van der Waals surface area contributed by atoms with Crippen molar-refractivity contribution in [2.45, 2.75) is 5.92 Å². The Hall–Kier alpha value is -0.603. The van der Waals surface area contributed by atoms with Crippen molar-refractivity contribution in [1.82, 2.24) is 0 Å². The van der Waals surface area contributed by atoms with Crippen LogP contribution in [0.4, 0.5) is 0 Å². The second-order valence-corrected chi connectivity index (χ2v) is 4.49. The van der Waals surface area contributed by atoms with Gasteiger partial charge in [0.05, 0.1) is 0 Å². The van der Waals surface area contributed by atoms with Crippen LogP contribution >= 0.6 is 11.3 Å². The number of allylic oxidation sites excluding steroid dienone is 2. The topological polar surface area (TPSA) is 0 Å². The van der Waals surface area contributed by atoms with E-state index in [0.29, 0.717) is 5.92 Å². The average Bonchev–Trinajstić information content (AvgIpc) is 2.40. The molecule has 0 aliphatic carbocycles. The van der Waals surface area contributed by atoms with Crippen molar-refractivity contribution in [2.24, 2.45) is 0 Å². The summed E-state index contributed by atoms with van der Waals surface area (Å²) in [6.07, 6.45) is 3.89. The van der Waals surface area contributed by atoms with Gasteiger partial charge in [0.1, 0.15) is 0 Å². The van der Waals surface area contributed by atoms with E-state index in [1.807, 2.05) is 12.2 Å². The smallest absolute Gasteiger partial charge is 0.0400 e. The Kier molecular flexibility index (Phi) is 2.85. The largest absolute Gasteiger partial charge is 0.148 e. The quantitative estimate of drug-likeness (QED) is 0.484. The van der Waals surface area contributed by atoms with E-state index in [4.69, 9.17) is 0 Å². The van der Waals surface area contributed by atoms with Crippen molar-refractivity contribution in [3.05, 3.63) is 41.6 Å². The van der Waals surface area contributed by atoms with Crippen LogP contribution in [0.5, 0.6) is 0 Å². The SMILES string of the molecule is C=CC(C=C)c1sccc1[SiH3]. The first-order valence-corrected chi connectivity index (χ1v) is 5.46. The molecule has 2 heteroatoms. The van der Waals surface area contributed by atoms with Crippen molar-refractivity contribution in [2.75, 3.05) is 0 Å². The normalized spacial score (nSPS) is 10.3. The van der Waals surface area contributed by atoms with Gasteiger partial charge in [-0.3, -0.25) is 0 Å². The standard InChI is InChI=1S/C9H12SSi/c1-3-7(4-2)9-8(11)5-6-10-9/h3-7H,1-2H2,11H3. The number of hydrogen-bond donors (Lipinski definition) is 0. The second-order valence-electron chi connectivity index (χ2n) is 2.47. The summed E-state index contributed by atoms with van der Waals surface area (Å²) >= 11 is 1.80. The first kappa shape index (κ1) is 8.49. The van der Waals surface area contributed by atoms with E-state index in [1.54, 1.807) is 11.3 Å². The first-order chi connectivity index (χ1) is 5.29. The molecule has 0 nitrogen and oxygen atoms in total. The Labute approximate surface area is 74.7 Å². The summed E-state index contributed by atoms with van der Waals surface area (Å²) in [5, 5.41) is 3.61. The van der Waals surface area contributed by atoms with Crippen LogP contribution in [0.15, 0.2) is 36.8 Å². The average molecular weight is 180 g/mol. The van der Waals surface area contributed by atoms with E-state index >= 15 is 0 Å². The van der Waals surface area contributed by atoms with E-state index in [0.717, 1.165) is 10.2 Å². The van der Waals surface area contributed by atoms with Gasteiger partial charge in [-0.1, -0.05) is 23.4 Å². The predicted octanol–water partition coefficient (Wildman–Crippen LogP) is 1.19. The minimum absolute atomic E-state index is 0.363. The Balaban J connectivity index is 2.98. The van der Waals surface area contributed by atoms with Crippen LogP contribution in [-0.4, -0.2) is 10.2 Å². The summed E-state index contributed by atoms with van der Waals surface area (Å²) in [5.41, 5.74) is 0. The molecule has 1 aromatic rings. The van der Waals surface area contributed by atoms with Crippen molar-refractivity contribution < 1.29 is 0 Å². The molecular weight excluding hydrogens is 168 g/mol. The summed E-state index contributed by atoms with van der Waals surface area (Å²) in [7, 11) is 1.12. The summed E-state index contributed by atoms with van der Waals surface area (Å²) in [6.45, 7) is 7.56. The molecule has 0 unspecified atom stereocenters. The lowest BCUT2D eigenvalue weighted by Crippen LogP contribution is -2.06. The lowest BCUT2D eigenvalue weighted by Gasteiger charge is -2.04. The Morgan fingerprint density at radius 3 is 2.45 bits per heavy atom. The molecule has 58 valence electrons. The summed E-state index contributed by atoms with van der Waals surface area (Å²) in [6, 6.07) is 2.19. The van der Waals surface area contributed by atoms with Crippen molar-refractivity contribution >= 4 is 26.8 Å². The van der Waals surface area contributed by atoms with Crippen LogP contribution in [-0.2, 0) is 0 Å². The highest BCUT2D eigenvalue weighted by molar-refractivity contribution is 7.11. The minimum Gasteiger partial charge on any atom is -0.148 e. The summed E-state index contributed by atoms with van der Waals surface area (Å²) in [5.74, 6) is 0.363. The Morgan fingerprint density at radius 1 is 1.45 bits per heavy atom. The molecule has 1 heterocycles. The van der Waals surface area contributed by atoms with Crippen LogP contribution in [0.1, 0.15) is 10.8 Å². The van der Waals surface area contributed by atoms with Crippen LogP contribution in [0.2, 0.25) is 0 Å². The molecule has 0 amide bonds. The Bertz CT molecular complexity index is 254. The molecule has 0 aliphatic heterocycles. The van der Waals surface area contributed by atoms with Crippen LogP contribution in [0, 0.1) is 0 Å². The molecule has 0 spiro atoms. The van der Waals surface area contributed by atoms with Crippen LogP contribution in [0.25, 0.3) is 0 Å². The monoisotopic (exact) mass is 180 g/mol. The fourth-order valence-corrected chi connectivity index (χ4v) is 3.15. The molecule has 0 saturated heterocycles. The highest BCUT2D eigenvalue weighted by atomic mass is 32.1. The zero-order valence-electron chi connectivity index (χ0n) is 6.71. The zero-order chi connectivity index (χ0) is 8.27. The molecular formula is C9H12SSi. The van der Waals surface area contributed by atoms with Crippen molar-refractivity contribution in [3.8, 4) is 0 Å². The predicted molar refractivity (Wildman–Crippen MR) is 57.0 cm³/mol. The fourth-order valence-electron chi connectivity index (χ4n) is 1.04. The molecule has 1 rings (SSSR count). The molecule has 0 aliphatic rings. The van der Waals surface area contributed by atoms with Gasteiger partial charge < -0.3 is 0 Å². The van der Waals surface area contributed by atoms with Crippen molar-refractivity contribution in [1.29, 1.82) is 0 Å². The lowest BCUT2D eigenvalue weighted by atomic mass is 10.1. The van der Waals surface area contributed by atoms with Gasteiger partial charge >= 0.3 is 0 Å². The van der Waals surface area contributed by atoms with Gasteiger partial charge in [-0.15, -0.1) is 24.5 Å². The maximum absolute atomic E-state index is 3.78. The molecule has 0 aromatic carbocycles. The summed E-state index contributed by atoms with van der Waals surface area (Å²) < 4.78 is 0. The van der Waals surface area contributed by atoms with Gasteiger partial charge in [0.2, 0.25) is 0 Å². The van der Waals surface area contributed by atoms with Gasteiger partial charge in [0.25, 0.3) is 0 Å². The second kappa shape index (κ2) is 3.69. The van der Waals surface area contributed by atoms with Gasteiger partial charge in [-0.2, -0.15) is 0 Å². The number of rotatable bonds is 3. The third-order valence-electron chi connectivity index (χ3n) is 1.71. The highest BCUT2D eigenvalue weighted by Crippen LogP contribution is 2.20. The lowest BCUT2D eigenvalue weighted by molar-refractivity contribution is 1.15. The first-order valence-electron chi connectivity index (χ1n) is 3.58. The zero-order valence-corrected chi connectivity index (χ0v) is 9.53. The molecule has 11 heavy (non-hydrogen) atoms. The number of thiophene rings is 1. The van der Waals surface area contributed by atoms with Crippen LogP contribution < -0.4 is 5.19 Å². The maximum Gasteiger partial charge on any atom is 0.0400 e. The van der Waals surface area contributed by atoms with Crippen molar-refractivity contribution in [3.63, 3.8) is 0 Å². The maximum atomic E-state index is 3.78. The third kappa shape index (κ3) is 1.70. The van der Waals surface area contributed by atoms with E-state index in [9.17, 15) is 0 Å². The molecule has 0 bridgehead atoms. The Morgan fingerprint density at radius 2 is 2.09 bits per heavy atom. The molecule has 0 radical (unpaired) electrons. The fraction of sp³-hybridized carbons (Fsp3) is 0.111. The van der Waals surface area contributed by atoms with E-state index < -0.39 is 0 Å². The number of hydrogen-bond acceptors (Lipinski definition) is 1. The van der Waals surface area contributed by atoms with Crippen LogP contribution in [0.3, 0.4) is 0 Å². The van der Waals surface area contributed by atoms with Gasteiger partial charge in [-0.25, -0.2) is 0 Å². The van der Waals surface area contributed by atoms with E-state index in [2.05, 4.69) is 24.6 Å². The molecule has 1 aromatic heterocycles. The highest BCUT2D eigenvalue weighted by Gasteiger charge is 2.06. The molecule has 0 atom stereocenters. The van der Waals surface area contributed by atoms with Gasteiger partial charge in [0.15, 0.2) is 0 Å². The molecule has 0 saturated carbocycles. The minimum atomic E-state index is 0.363.